The van der Waals surface area contributed by atoms with Crippen LogP contribution in [0.2, 0.25) is 0 Å². The number of hydrogen-bond acceptors (Lipinski definition) is 1. The monoisotopic (exact) mass is 568 g/mol. The molecular weight excluding hydrogens is 548 g/mol. The fraction of sp³-hybridized carbons (Fsp3) is 0.0323. The van der Waals surface area contributed by atoms with Crippen molar-refractivity contribution >= 4 is 31.9 Å². The van der Waals surface area contributed by atoms with Crippen molar-refractivity contribution in [2.45, 2.75) is 0 Å². The average Bonchev–Trinajstić information content (AvgIpc) is 2.89. The zero-order chi connectivity index (χ0) is 23.5. The molecule has 166 valence electrons. The smallest absolute Gasteiger partial charge is 0.118 e. The third-order valence-corrected chi connectivity index (χ3v) is 7.01. The maximum atomic E-state index is 5.44. The molecule has 0 saturated carbocycles. The SMILES string of the molecule is COc1ccc(-c2c(-c3ccc(Br)cc3)ccc(-c3ccc(Br)cc3)c2-c2ccccc2)cc1. The van der Waals surface area contributed by atoms with E-state index in [4.69, 9.17) is 4.74 Å². The summed E-state index contributed by atoms with van der Waals surface area (Å²) in [5.74, 6) is 0.847. The van der Waals surface area contributed by atoms with Crippen molar-refractivity contribution in [2.75, 3.05) is 7.11 Å². The number of rotatable bonds is 5. The molecule has 0 amide bonds. The molecule has 5 aromatic carbocycles. The zero-order valence-electron chi connectivity index (χ0n) is 18.6. The largest absolute Gasteiger partial charge is 0.497 e. The van der Waals surface area contributed by atoms with Crippen LogP contribution in [0.1, 0.15) is 0 Å². The van der Waals surface area contributed by atoms with Crippen LogP contribution < -0.4 is 4.74 Å². The van der Waals surface area contributed by atoms with Crippen molar-refractivity contribution in [1.29, 1.82) is 0 Å². The molecule has 0 bridgehead atoms. The van der Waals surface area contributed by atoms with E-state index >= 15 is 0 Å². The molecule has 0 atom stereocenters. The van der Waals surface area contributed by atoms with Gasteiger partial charge in [-0.05, 0) is 80.9 Å². The topological polar surface area (TPSA) is 9.23 Å². The molecule has 1 nitrogen and oxygen atoms in total. The van der Waals surface area contributed by atoms with Gasteiger partial charge in [-0.15, -0.1) is 0 Å². The Hall–Kier alpha value is -3.14. The molecule has 0 spiro atoms. The van der Waals surface area contributed by atoms with Crippen LogP contribution in [0, 0.1) is 0 Å². The van der Waals surface area contributed by atoms with Crippen LogP contribution in [-0.2, 0) is 0 Å². The van der Waals surface area contributed by atoms with Crippen LogP contribution >= 0.6 is 31.9 Å². The first-order valence-electron chi connectivity index (χ1n) is 11.0. The highest BCUT2D eigenvalue weighted by molar-refractivity contribution is 9.10. The van der Waals surface area contributed by atoms with Crippen LogP contribution in [0.3, 0.4) is 0 Å². The van der Waals surface area contributed by atoms with Gasteiger partial charge in [0.15, 0.2) is 0 Å². The molecule has 5 rings (SSSR count). The Bertz CT molecular complexity index is 1410. The lowest BCUT2D eigenvalue weighted by Crippen LogP contribution is -1.95. The predicted octanol–water partition coefficient (Wildman–Crippen LogP) is 9.89. The van der Waals surface area contributed by atoms with E-state index < -0.39 is 0 Å². The van der Waals surface area contributed by atoms with Crippen LogP contribution in [-0.4, -0.2) is 7.11 Å². The van der Waals surface area contributed by atoms with Gasteiger partial charge in [0.2, 0.25) is 0 Å². The molecule has 0 aliphatic rings. The average molecular weight is 570 g/mol. The van der Waals surface area contributed by atoms with E-state index in [1.54, 1.807) is 7.11 Å². The maximum Gasteiger partial charge on any atom is 0.118 e. The lowest BCUT2D eigenvalue weighted by Gasteiger charge is -2.21. The summed E-state index contributed by atoms with van der Waals surface area (Å²) in [5.41, 5.74) is 9.50. The lowest BCUT2D eigenvalue weighted by molar-refractivity contribution is 0.415. The standard InChI is InChI=1S/C31H22Br2O/c1-34-27-17-11-24(12-18-27)31-29(22-9-15-26(33)16-10-22)20-19-28(21-7-13-25(32)14-8-21)30(31)23-5-3-2-4-6-23/h2-20H,1H3. The summed E-state index contributed by atoms with van der Waals surface area (Å²) in [5, 5.41) is 0. The van der Waals surface area contributed by atoms with Gasteiger partial charge in [0.1, 0.15) is 5.75 Å². The summed E-state index contributed by atoms with van der Waals surface area (Å²) in [6.45, 7) is 0. The van der Waals surface area contributed by atoms with Gasteiger partial charge in [-0.25, -0.2) is 0 Å². The Balaban J connectivity index is 1.87. The Morgan fingerprint density at radius 3 is 1.29 bits per heavy atom. The Morgan fingerprint density at radius 2 is 0.853 bits per heavy atom. The summed E-state index contributed by atoms with van der Waals surface area (Å²) in [6, 6.07) is 40.5. The number of benzene rings is 5. The molecular formula is C31H22Br2O. The Labute approximate surface area is 217 Å². The van der Waals surface area contributed by atoms with Gasteiger partial charge >= 0.3 is 0 Å². The normalized spacial score (nSPS) is 10.8. The van der Waals surface area contributed by atoms with Gasteiger partial charge in [0.05, 0.1) is 7.11 Å². The van der Waals surface area contributed by atoms with Crippen LogP contribution in [0.4, 0.5) is 0 Å². The van der Waals surface area contributed by atoms with Gasteiger partial charge in [0, 0.05) is 8.95 Å². The van der Waals surface area contributed by atoms with Crippen LogP contribution in [0.25, 0.3) is 44.5 Å². The first kappa shape index (κ1) is 22.6. The predicted molar refractivity (Wildman–Crippen MR) is 150 cm³/mol. The summed E-state index contributed by atoms with van der Waals surface area (Å²) >= 11 is 7.16. The van der Waals surface area contributed by atoms with Crippen LogP contribution in [0.15, 0.2) is 124 Å². The van der Waals surface area contributed by atoms with Crippen molar-refractivity contribution < 1.29 is 4.74 Å². The van der Waals surface area contributed by atoms with Crippen molar-refractivity contribution in [3.05, 3.63) is 124 Å². The molecule has 5 aromatic rings. The summed E-state index contributed by atoms with van der Waals surface area (Å²) in [4.78, 5) is 0. The van der Waals surface area contributed by atoms with Gasteiger partial charge in [-0.1, -0.05) is 111 Å². The molecule has 0 unspecified atom stereocenters. The van der Waals surface area contributed by atoms with Crippen molar-refractivity contribution in [3.63, 3.8) is 0 Å². The molecule has 0 aromatic heterocycles. The minimum Gasteiger partial charge on any atom is -0.497 e. The van der Waals surface area contributed by atoms with Crippen molar-refractivity contribution in [1.82, 2.24) is 0 Å². The minimum atomic E-state index is 0.847. The van der Waals surface area contributed by atoms with E-state index in [-0.39, 0.29) is 0 Å². The maximum absolute atomic E-state index is 5.44. The Kier molecular flexibility index (Phi) is 6.66. The van der Waals surface area contributed by atoms with E-state index in [0.29, 0.717) is 0 Å². The molecule has 0 heterocycles. The molecule has 0 aliphatic heterocycles. The summed E-state index contributed by atoms with van der Waals surface area (Å²) in [7, 11) is 1.70. The minimum absolute atomic E-state index is 0.847. The quantitative estimate of drug-likeness (QED) is 0.204. The molecule has 0 fully saturated rings. The number of ether oxygens (including phenoxy) is 1. The first-order valence-corrected chi connectivity index (χ1v) is 12.6. The van der Waals surface area contributed by atoms with E-state index in [1.165, 1.54) is 38.9 Å². The highest BCUT2D eigenvalue weighted by Gasteiger charge is 2.19. The van der Waals surface area contributed by atoms with E-state index in [0.717, 1.165) is 20.3 Å². The summed E-state index contributed by atoms with van der Waals surface area (Å²) in [6.07, 6.45) is 0. The second-order valence-electron chi connectivity index (χ2n) is 8.02. The number of halogens is 2. The zero-order valence-corrected chi connectivity index (χ0v) is 21.8. The second-order valence-corrected chi connectivity index (χ2v) is 9.85. The molecule has 34 heavy (non-hydrogen) atoms. The van der Waals surface area contributed by atoms with Gasteiger partial charge in [-0.2, -0.15) is 0 Å². The molecule has 0 saturated heterocycles. The van der Waals surface area contributed by atoms with E-state index in [1.807, 2.05) is 12.1 Å². The van der Waals surface area contributed by atoms with Crippen LogP contribution in [0.5, 0.6) is 5.75 Å². The molecule has 0 aliphatic carbocycles. The molecule has 0 N–H and O–H groups in total. The molecule has 0 radical (unpaired) electrons. The van der Waals surface area contributed by atoms with E-state index in [2.05, 4.69) is 135 Å². The highest BCUT2D eigenvalue weighted by Crippen LogP contribution is 2.46. The number of methoxy groups -OCH3 is 1. The third kappa shape index (κ3) is 4.59. The number of hydrogen-bond donors (Lipinski definition) is 0. The fourth-order valence-electron chi connectivity index (χ4n) is 4.30. The third-order valence-electron chi connectivity index (χ3n) is 5.96. The second kappa shape index (κ2) is 10.0. The summed E-state index contributed by atoms with van der Waals surface area (Å²) < 4.78 is 7.58. The van der Waals surface area contributed by atoms with Crippen molar-refractivity contribution in [2.24, 2.45) is 0 Å². The first-order chi connectivity index (χ1) is 16.6. The molecule has 3 heteroatoms. The highest BCUT2D eigenvalue weighted by atomic mass is 79.9. The van der Waals surface area contributed by atoms with Gasteiger partial charge < -0.3 is 4.74 Å². The van der Waals surface area contributed by atoms with Gasteiger partial charge in [0.25, 0.3) is 0 Å². The Morgan fingerprint density at radius 1 is 0.441 bits per heavy atom. The van der Waals surface area contributed by atoms with Crippen molar-refractivity contribution in [3.8, 4) is 50.3 Å². The fourth-order valence-corrected chi connectivity index (χ4v) is 4.83. The lowest BCUT2D eigenvalue weighted by atomic mass is 9.83. The van der Waals surface area contributed by atoms with Gasteiger partial charge in [-0.3, -0.25) is 0 Å². The van der Waals surface area contributed by atoms with E-state index in [9.17, 15) is 0 Å².